The predicted octanol–water partition coefficient (Wildman–Crippen LogP) is 3.06. The number of aromatic nitrogens is 1. The minimum Gasteiger partial charge on any atom is -0.463 e. The molecular formula is C15H9ClN4O3. The number of hydrogen-bond acceptors (Lipinski definition) is 7. The highest BCUT2D eigenvalue weighted by atomic mass is 35.5. The van der Waals surface area contributed by atoms with E-state index >= 15 is 0 Å². The van der Waals surface area contributed by atoms with Gasteiger partial charge in [-0.05, 0) is 18.2 Å². The number of aryl methyl sites for hydroxylation is 1. The van der Waals surface area contributed by atoms with E-state index in [1.165, 1.54) is 18.5 Å². The SMILES string of the molecule is Cc1nc(C#N)c(NN=Cc2coc3ccc(Cl)cc3c2=O)o1. The van der Waals surface area contributed by atoms with E-state index in [4.69, 9.17) is 25.7 Å². The van der Waals surface area contributed by atoms with Crippen molar-refractivity contribution >= 4 is 34.7 Å². The fraction of sp³-hybridized carbons (Fsp3) is 0.0667. The normalized spacial score (nSPS) is 11.0. The van der Waals surface area contributed by atoms with Gasteiger partial charge in [0, 0.05) is 11.9 Å². The molecule has 0 aliphatic rings. The van der Waals surface area contributed by atoms with E-state index in [1.54, 1.807) is 19.1 Å². The first-order valence-corrected chi connectivity index (χ1v) is 6.84. The van der Waals surface area contributed by atoms with Crippen LogP contribution in [0.15, 0.2) is 43.2 Å². The van der Waals surface area contributed by atoms with Gasteiger partial charge in [-0.15, -0.1) is 0 Å². The number of nitriles is 1. The van der Waals surface area contributed by atoms with Crippen LogP contribution >= 0.6 is 11.6 Å². The van der Waals surface area contributed by atoms with Crippen LogP contribution in [0, 0.1) is 18.3 Å². The Kier molecular flexibility index (Phi) is 3.83. The molecule has 0 bridgehead atoms. The molecule has 0 fully saturated rings. The summed E-state index contributed by atoms with van der Waals surface area (Å²) in [5.74, 6) is 0.439. The molecule has 23 heavy (non-hydrogen) atoms. The maximum atomic E-state index is 12.3. The van der Waals surface area contributed by atoms with Crippen LogP contribution in [-0.4, -0.2) is 11.2 Å². The molecule has 7 nitrogen and oxygen atoms in total. The number of fused-ring (bicyclic) bond motifs is 1. The summed E-state index contributed by atoms with van der Waals surface area (Å²) >= 11 is 5.89. The molecule has 0 aliphatic carbocycles. The lowest BCUT2D eigenvalue weighted by atomic mass is 10.2. The van der Waals surface area contributed by atoms with Gasteiger partial charge in [0.2, 0.25) is 11.1 Å². The van der Waals surface area contributed by atoms with Crippen LogP contribution in [-0.2, 0) is 0 Å². The molecule has 0 atom stereocenters. The van der Waals surface area contributed by atoms with Crippen molar-refractivity contribution in [3.8, 4) is 6.07 Å². The zero-order valence-corrected chi connectivity index (χ0v) is 12.6. The third-order valence-electron chi connectivity index (χ3n) is 2.97. The van der Waals surface area contributed by atoms with Crippen molar-refractivity contribution in [2.75, 3.05) is 5.43 Å². The summed E-state index contributed by atoms with van der Waals surface area (Å²) in [5, 5.41) is 13.6. The first kappa shape index (κ1) is 14.8. The van der Waals surface area contributed by atoms with Gasteiger partial charge >= 0.3 is 0 Å². The molecule has 0 spiro atoms. The van der Waals surface area contributed by atoms with Gasteiger partial charge in [-0.3, -0.25) is 4.79 Å². The largest absolute Gasteiger partial charge is 0.463 e. The Balaban J connectivity index is 1.91. The summed E-state index contributed by atoms with van der Waals surface area (Å²) in [7, 11) is 0. The van der Waals surface area contributed by atoms with Crippen molar-refractivity contribution in [1.29, 1.82) is 5.26 Å². The van der Waals surface area contributed by atoms with E-state index in [9.17, 15) is 4.79 Å². The Morgan fingerprint density at radius 1 is 1.48 bits per heavy atom. The van der Waals surface area contributed by atoms with Crippen LogP contribution in [0.2, 0.25) is 5.02 Å². The number of hydrogen-bond donors (Lipinski definition) is 1. The average molecular weight is 329 g/mol. The predicted molar refractivity (Wildman–Crippen MR) is 84.7 cm³/mol. The number of oxazole rings is 1. The summed E-state index contributed by atoms with van der Waals surface area (Å²) in [6, 6.07) is 6.66. The second-order valence-corrected chi connectivity index (χ2v) is 4.99. The third kappa shape index (κ3) is 2.93. The van der Waals surface area contributed by atoms with Gasteiger partial charge in [-0.1, -0.05) is 11.6 Å². The fourth-order valence-electron chi connectivity index (χ4n) is 1.95. The zero-order chi connectivity index (χ0) is 16.4. The van der Waals surface area contributed by atoms with Crippen molar-refractivity contribution in [2.24, 2.45) is 5.10 Å². The maximum absolute atomic E-state index is 12.3. The number of rotatable bonds is 3. The van der Waals surface area contributed by atoms with Gasteiger partial charge in [0.25, 0.3) is 5.88 Å². The highest BCUT2D eigenvalue weighted by Crippen LogP contribution is 2.17. The minimum atomic E-state index is -0.270. The first-order valence-electron chi connectivity index (χ1n) is 6.46. The Morgan fingerprint density at radius 2 is 2.30 bits per heavy atom. The monoisotopic (exact) mass is 328 g/mol. The molecule has 0 radical (unpaired) electrons. The maximum Gasteiger partial charge on any atom is 0.252 e. The quantitative estimate of drug-likeness (QED) is 0.585. The summed E-state index contributed by atoms with van der Waals surface area (Å²) in [4.78, 5) is 16.2. The molecule has 0 saturated heterocycles. The summed E-state index contributed by atoms with van der Waals surface area (Å²) in [5.41, 5.74) is 3.00. The minimum absolute atomic E-state index is 0.0805. The smallest absolute Gasteiger partial charge is 0.252 e. The molecule has 0 amide bonds. The van der Waals surface area contributed by atoms with Crippen LogP contribution in [0.3, 0.4) is 0 Å². The van der Waals surface area contributed by atoms with E-state index in [-0.39, 0.29) is 22.6 Å². The molecule has 2 heterocycles. The van der Waals surface area contributed by atoms with E-state index in [0.717, 1.165) is 0 Å². The summed E-state index contributed by atoms with van der Waals surface area (Å²) < 4.78 is 10.5. The molecule has 114 valence electrons. The van der Waals surface area contributed by atoms with Crippen LogP contribution in [0.4, 0.5) is 5.88 Å². The topological polar surface area (TPSA) is 104 Å². The summed E-state index contributed by atoms with van der Waals surface area (Å²) in [6.45, 7) is 1.61. The first-order chi connectivity index (χ1) is 11.1. The van der Waals surface area contributed by atoms with Gasteiger partial charge in [0.05, 0.1) is 17.2 Å². The molecule has 1 N–H and O–H groups in total. The molecule has 3 aromatic rings. The van der Waals surface area contributed by atoms with E-state index in [0.29, 0.717) is 21.9 Å². The van der Waals surface area contributed by atoms with Crippen LogP contribution in [0.25, 0.3) is 11.0 Å². The molecule has 1 aromatic carbocycles. The summed E-state index contributed by atoms with van der Waals surface area (Å²) in [6.07, 6.45) is 2.56. The highest BCUT2D eigenvalue weighted by Gasteiger charge is 2.09. The molecule has 0 saturated carbocycles. The third-order valence-corrected chi connectivity index (χ3v) is 3.21. The van der Waals surface area contributed by atoms with Crippen molar-refractivity contribution in [2.45, 2.75) is 6.92 Å². The number of hydrazone groups is 1. The average Bonchev–Trinajstić information content (AvgIpc) is 2.90. The van der Waals surface area contributed by atoms with Crippen molar-refractivity contribution in [1.82, 2.24) is 4.98 Å². The molecule has 2 aromatic heterocycles. The second-order valence-electron chi connectivity index (χ2n) is 4.55. The number of nitrogens with one attached hydrogen (secondary N) is 1. The van der Waals surface area contributed by atoms with Crippen molar-refractivity contribution in [3.05, 3.63) is 56.9 Å². The lowest BCUT2D eigenvalue weighted by Gasteiger charge is -1.99. The molecular weight excluding hydrogens is 320 g/mol. The van der Waals surface area contributed by atoms with Gasteiger partial charge < -0.3 is 8.83 Å². The second kappa shape index (κ2) is 5.94. The lowest BCUT2D eigenvalue weighted by molar-refractivity contribution is 0.533. The molecule has 8 heteroatoms. The molecule has 0 unspecified atom stereocenters. The fourth-order valence-corrected chi connectivity index (χ4v) is 2.12. The standard InChI is InChI=1S/C15H9ClN4O3/c1-8-19-12(5-17)15(23-8)20-18-6-9-7-22-13-3-2-10(16)4-11(13)14(9)21/h2-4,6-7,20H,1H3. The number of anilines is 1. The van der Waals surface area contributed by atoms with Gasteiger partial charge in [0.1, 0.15) is 17.9 Å². The number of nitrogens with zero attached hydrogens (tertiary/aromatic N) is 3. The number of halogens is 1. The zero-order valence-electron chi connectivity index (χ0n) is 11.8. The lowest BCUT2D eigenvalue weighted by Crippen LogP contribution is -2.08. The Bertz CT molecular complexity index is 1010. The van der Waals surface area contributed by atoms with Crippen LogP contribution in [0.1, 0.15) is 17.1 Å². The Hall–Kier alpha value is -3.11. The van der Waals surface area contributed by atoms with E-state index in [1.807, 2.05) is 6.07 Å². The van der Waals surface area contributed by atoms with E-state index < -0.39 is 0 Å². The van der Waals surface area contributed by atoms with Gasteiger partial charge in [-0.25, -0.2) is 10.4 Å². The molecule has 0 aliphatic heterocycles. The highest BCUT2D eigenvalue weighted by molar-refractivity contribution is 6.31. The van der Waals surface area contributed by atoms with Crippen molar-refractivity contribution in [3.63, 3.8) is 0 Å². The van der Waals surface area contributed by atoms with E-state index in [2.05, 4.69) is 15.5 Å². The number of benzene rings is 1. The van der Waals surface area contributed by atoms with Gasteiger partial charge in [0.15, 0.2) is 5.89 Å². The Labute approximate surface area is 134 Å². The van der Waals surface area contributed by atoms with Crippen molar-refractivity contribution < 1.29 is 8.83 Å². The van der Waals surface area contributed by atoms with Crippen LogP contribution < -0.4 is 10.9 Å². The Morgan fingerprint density at radius 3 is 3.09 bits per heavy atom. The molecule has 3 rings (SSSR count). The van der Waals surface area contributed by atoms with Crippen LogP contribution in [0.5, 0.6) is 0 Å². The van der Waals surface area contributed by atoms with Gasteiger partial charge in [-0.2, -0.15) is 10.4 Å².